The van der Waals surface area contributed by atoms with Gasteiger partial charge in [-0.2, -0.15) is 0 Å². The van der Waals surface area contributed by atoms with E-state index in [0.29, 0.717) is 20.0 Å². The summed E-state index contributed by atoms with van der Waals surface area (Å²) in [7, 11) is 9.86. The molecule has 0 atom stereocenters. The third-order valence-corrected chi connectivity index (χ3v) is 8.37. The first-order chi connectivity index (χ1) is 31.2. The average Bonchev–Trinajstić information content (AvgIpc) is 3.35. The van der Waals surface area contributed by atoms with E-state index in [1.165, 1.54) is 18.2 Å². The van der Waals surface area contributed by atoms with Gasteiger partial charge in [0.2, 0.25) is 0 Å². The first kappa shape index (κ1) is 57.7. The predicted molar refractivity (Wildman–Crippen MR) is 258 cm³/mol. The van der Waals surface area contributed by atoms with Gasteiger partial charge in [0.05, 0.1) is 42.7 Å². The minimum Gasteiger partial charge on any atom is -0.699 e. The SMILES string of the molecule is C=CC=CC(O)O.COc1ccc([N-]C[N-]c2ccc(OC)cc2)cc1.COc1ccc([N-]C[N-]c2ccc(OC)cc2)cc1.COc1ccc([N-]C[N-]c2ccc(OC)cc2)cc1.[Mo+3].[Mo+3]. The Morgan fingerprint density at radius 1 is 0.364 bits per heavy atom. The molecule has 6 aromatic rings. The van der Waals surface area contributed by atoms with Crippen molar-refractivity contribution < 1.29 is 80.8 Å². The van der Waals surface area contributed by atoms with Crippen molar-refractivity contribution in [1.29, 1.82) is 0 Å². The van der Waals surface area contributed by atoms with Crippen LogP contribution in [0.4, 0.5) is 34.1 Å². The van der Waals surface area contributed by atoms with Gasteiger partial charge in [0.25, 0.3) is 0 Å². The molecule has 6 aromatic carbocycles. The standard InChI is InChI=1S/3C15H16N2O2.C5H8O2.2Mo/c3*1-18-14-7-3-12(4-8-14)16-11-17-13-5-9-15(19-2)10-6-13;1-2-3-4-5(6)7;;/h3*3-10H,11H2,1-2H3;2-7H,1H2;;/q3*-2;;2*+3. The van der Waals surface area contributed by atoms with E-state index in [-0.39, 0.29) is 42.1 Å². The maximum absolute atomic E-state index is 8.10. The smallest absolute Gasteiger partial charge is 0.699 e. The van der Waals surface area contributed by atoms with Crippen LogP contribution in [-0.4, -0.2) is 79.2 Å². The third-order valence-electron chi connectivity index (χ3n) is 8.37. The van der Waals surface area contributed by atoms with Crippen molar-refractivity contribution in [2.75, 3.05) is 62.7 Å². The van der Waals surface area contributed by atoms with Crippen LogP contribution in [0.2, 0.25) is 0 Å². The number of nitrogens with zero attached hydrogens (tertiary/aromatic N) is 6. The predicted octanol–water partition coefficient (Wildman–Crippen LogP) is 13.1. The van der Waals surface area contributed by atoms with Crippen LogP contribution in [0.3, 0.4) is 0 Å². The summed E-state index contributed by atoms with van der Waals surface area (Å²) in [6, 6.07) is 45.4. The molecule has 0 bridgehead atoms. The molecule has 0 saturated carbocycles. The van der Waals surface area contributed by atoms with Crippen LogP contribution in [0.25, 0.3) is 31.9 Å². The number of hydrogen-bond donors (Lipinski definition) is 2. The molecule has 0 saturated heterocycles. The Bertz CT molecular complexity index is 1780. The van der Waals surface area contributed by atoms with Gasteiger partial charge in [-0.05, 0) is 78.9 Å². The number of aliphatic hydroxyl groups excluding tert-OH is 1. The topological polar surface area (TPSA) is 180 Å². The fourth-order valence-electron chi connectivity index (χ4n) is 4.90. The molecular formula is C50H56Mo2N6O8. The zero-order valence-corrected chi connectivity index (χ0v) is 41.9. The third kappa shape index (κ3) is 24.1. The summed E-state index contributed by atoms with van der Waals surface area (Å²) in [5.41, 5.74) is 5.32. The average molecular weight is 1060 g/mol. The molecule has 0 fully saturated rings. The second-order valence-electron chi connectivity index (χ2n) is 12.6. The minimum absolute atomic E-state index is 0. The Morgan fingerprint density at radius 2 is 0.530 bits per heavy atom. The summed E-state index contributed by atoms with van der Waals surface area (Å²) in [5, 5.41) is 42.4. The Balaban J connectivity index is 0.000000455. The van der Waals surface area contributed by atoms with Gasteiger partial charge in [-0.25, -0.2) is 20.0 Å². The van der Waals surface area contributed by atoms with E-state index < -0.39 is 6.29 Å². The Kier molecular flexibility index (Phi) is 30.6. The summed E-state index contributed by atoms with van der Waals surface area (Å²) in [5.74, 6) is 4.95. The monoisotopic (exact) mass is 1060 g/mol. The van der Waals surface area contributed by atoms with Crippen LogP contribution >= 0.6 is 0 Å². The first-order valence-corrected chi connectivity index (χ1v) is 19.8. The van der Waals surface area contributed by atoms with Crippen LogP contribution in [-0.2, 0) is 42.1 Å². The number of rotatable bonds is 20. The Morgan fingerprint density at radius 3 is 0.636 bits per heavy atom. The van der Waals surface area contributed by atoms with Crippen molar-refractivity contribution in [3.8, 4) is 34.5 Å². The van der Waals surface area contributed by atoms with Gasteiger partial charge in [-0.15, -0.1) is 34.1 Å². The van der Waals surface area contributed by atoms with E-state index in [4.69, 9.17) is 38.6 Å². The molecule has 16 heteroatoms. The number of methoxy groups -OCH3 is 6. The number of allylic oxidation sites excluding steroid dienone is 2. The normalized spacial score (nSPS) is 9.59. The molecule has 6 rings (SSSR count). The molecule has 0 unspecified atom stereocenters. The van der Waals surface area contributed by atoms with Crippen molar-refractivity contribution in [2.45, 2.75) is 6.29 Å². The number of benzene rings is 6. The summed E-state index contributed by atoms with van der Waals surface area (Å²) in [6.45, 7) is 4.53. The van der Waals surface area contributed by atoms with E-state index in [2.05, 4.69) is 38.5 Å². The molecule has 0 aromatic heterocycles. The van der Waals surface area contributed by atoms with Crippen LogP contribution < -0.4 is 28.4 Å². The zero-order chi connectivity index (χ0) is 46.2. The summed E-state index contributed by atoms with van der Waals surface area (Å²) in [4.78, 5) is 0. The van der Waals surface area contributed by atoms with Crippen molar-refractivity contribution in [3.63, 3.8) is 0 Å². The molecule has 0 aliphatic heterocycles. The number of ether oxygens (including phenoxy) is 6. The van der Waals surface area contributed by atoms with Gasteiger partial charge in [0.1, 0.15) is 34.5 Å². The number of hydrogen-bond acceptors (Lipinski definition) is 8. The van der Waals surface area contributed by atoms with Crippen molar-refractivity contribution >= 4 is 34.1 Å². The molecule has 2 radical (unpaired) electrons. The van der Waals surface area contributed by atoms with Crippen molar-refractivity contribution in [1.82, 2.24) is 0 Å². The zero-order valence-electron chi connectivity index (χ0n) is 37.8. The second kappa shape index (κ2) is 35.0. The van der Waals surface area contributed by atoms with Crippen molar-refractivity contribution in [3.05, 3.63) is 202 Å². The van der Waals surface area contributed by atoms with Crippen LogP contribution in [0, 0.1) is 0 Å². The summed E-state index contributed by atoms with van der Waals surface area (Å²) in [6.07, 6.45) is 2.80. The van der Waals surface area contributed by atoms with Gasteiger partial charge < -0.3 is 70.5 Å². The van der Waals surface area contributed by atoms with E-state index in [0.717, 1.165) is 68.6 Å². The minimum atomic E-state index is -1.35. The van der Waals surface area contributed by atoms with E-state index in [1.807, 2.05) is 146 Å². The number of aliphatic hydroxyl groups is 2. The van der Waals surface area contributed by atoms with Gasteiger partial charge in [0, 0.05) is 0 Å². The fraction of sp³-hybridized carbons (Fsp3) is 0.200. The fourth-order valence-corrected chi connectivity index (χ4v) is 4.90. The van der Waals surface area contributed by atoms with E-state index in [9.17, 15) is 0 Å². The van der Waals surface area contributed by atoms with Gasteiger partial charge >= 0.3 is 42.1 Å². The molecule has 2 N–H and O–H groups in total. The van der Waals surface area contributed by atoms with Crippen LogP contribution in [0.5, 0.6) is 34.5 Å². The maximum atomic E-state index is 8.10. The molecular weight excluding hydrogens is 1000 g/mol. The molecule has 0 heterocycles. The quantitative estimate of drug-likeness (QED) is 0.0430. The van der Waals surface area contributed by atoms with Gasteiger partial charge in [0.15, 0.2) is 6.29 Å². The second-order valence-corrected chi connectivity index (χ2v) is 12.6. The molecule has 0 aliphatic carbocycles. The van der Waals surface area contributed by atoms with E-state index >= 15 is 0 Å². The molecule has 0 aliphatic rings. The largest absolute Gasteiger partial charge is 3.00 e. The molecule has 14 nitrogen and oxygen atoms in total. The van der Waals surface area contributed by atoms with Crippen LogP contribution in [0.15, 0.2) is 170 Å². The molecule has 0 amide bonds. The molecule has 0 spiro atoms. The van der Waals surface area contributed by atoms with E-state index in [1.54, 1.807) is 42.7 Å². The Hall–Kier alpha value is -6.30. The van der Waals surface area contributed by atoms with Gasteiger partial charge in [-0.3, -0.25) is 0 Å². The maximum Gasteiger partial charge on any atom is 3.00 e. The van der Waals surface area contributed by atoms with Crippen LogP contribution in [0.1, 0.15) is 0 Å². The van der Waals surface area contributed by atoms with Crippen molar-refractivity contribution in [2.24, 2.45) is 0 Å². The van der Waals surface area contributed by atoms with Gasteiger partial charge in [-0.1, -0.05) is 91.5 Å². The molecule has 66 heavy (non-hydrogen) atoms. The molecule has 346 valence electrons. The summed E-state index contributed by atoms with van der Waals surface area (Å²) >= 11 is 0. The Labute approximate surface area is 418 Å². The first-order valence-electron chi connectivity index (χ1n) is 19.8. The summed E-state index contributed by atoms with van der Waals surface area (Å²) < 4.78 is 30.5.